The summed E-state index contributed by atoms with van der Waals surface area (Å²) in [6, 6.07) is 0. The molecule has 1 saturated carbocycles. The Hall–Kier alpha value is 0.0600. The molecule has 0 aromatic carbocycles. The highest BCUT2D eigenvalue weighted by Crippen LogP contribution is 2.37. The van der Waals surface area contributed by atoms with Crippen LogP contribution in [-0.4, -0.2) is 16.6 Å². The Morgan fingerprint density at radius 1 is 1.39 bits per heavy atom. The van der Waals surface area contributed by atoms with E-state index in [1.165, 1.54) is 25.7 Å². The number of nitrogens with zero attached hydrogens (tertiary/aromatic N) is 2. The first-order chi connectivity index (χ1) is 8.63. The first-order valence-corrected chi connectivity index (χ1v) is 7.93. The van der Waals surface area contributed by atoms with Crippen molar-refractivity contribution in [1.29, 1.82) is 0 Å². The molecular weight excluding hydrogens is 363 g/mol. The third-order valence-electron chi connectivity index (χ3n) is 3.38. The molecule has 2 rings (SSSR count). The van der Waals surface area contributed by atoms with Crippen LogP contribution in [0.25, 0.3) is 0 Å². The molecule has 0 radical (unpaired) electrons. The van der Waals surface area contributed by atoms with E-state index >= 15 is 0 Å². The van der Waals surface area contributed by atoms with Crippen LogP contribution in [0.3, 0.4) is 0 Å². The average molecular weight is 381 g/mol. The molecule has 1 aliphatic carbocycles. The second kappa shape index (κ2) is 6.48. The van der Waals surface area contributed by atoms with Gasteiger partial charge in [-0.3, -0.25) is 0 Å². The molecule has 1 unspecified atom stereocenters. The van der Waals surface area contributed by atoms with Crippen LogP contribution in [0.5, 0.6) is 0 Å². The SMILES string of the molecule is CCOC(C)c1nc(Cl)c(I)c(C2CCCC2)n1. The van der Waals surface area contributed by atoms with Gasteiger partial charge in [0.1, 0.15) is 11.3 Å². The Morgan fingerprint density at radius 3 is 2.67 bits per heavy atom. The fourth-order valence-corrected chi connectivity index (χ4v) is 3.29. The van der Waals surface area contributed by atoms with Gasteiger partial charge in [-0.15, -0.1) is 0 Å². The molecule has 1 aromatic heterocycles. The summed E-state index contributed by atoms with van der Waals surface area (Å²) in [5.41, 5.74) is 1.12. The summed E-state index contributed by atoms with van der Waals surface area (Å²) in [6.07, 6.45) is 4.92. The van der Waals surface area contributed by atoms with Crippen molar-refractivity contribution in [3.63, 3.8) is 0 Å². The minimum Gasteiger partial charge on any atom is -0.371 e. The van der Waals surface area contributed by atoms with Crippen LogP contribution in [0.2, 0.25) is 5.15 Å². The van der Waals surface area contributed by atoms with Crippen LogP contribution in [0.4, 0.5) is 0 Å². The van der Waals surface area contributed by atoms with Crippen molar-refractivity contribution in [3.8, 4) is 0 Å². The molecule has 0 aliphatic heterocycles. The fraction of sp³-hybridized carbons (Fsp3) is 0.692. The Balaban J connectivity index is 2.32. The highest BCUT2D eigenvalue weighted by molar-refractivity contribution is 14.1. The zero-order valence-corrected chi connectivity index (χ0v) is 13.7. The van der Waals surface area contributed by atoms with E-state index in [2.05, 4.69) is 27.6 Å². The van der Waals surface area contributed by atoms with E-state index in [1.807, 2.05) is 13.8 Å². The van der Waals surface area contributed by atoms with Gasteiger partial charge in [-0.2, -0.15) is 0 Å². The molecule has 0 spiro atoms. The lowest BCUT2D eigenvalue weighted by atomic mass is 10.0. The van der Waals surface area contributed by atoms with E-state index < -0.39 is 0 Å². The third-order valence-corrected chi connectivity index (χ3v) is 5.03. The molecule has 0 N–H and O–H groups in total. The highest BCUT2D eigenvalue weighted by Gasteiger charge is 2.24. The van der Waals surface area contributed by atoms with Gasteiger partial charge in [-0.1, -0.05) is 24.4 Å². The summed E-state index contributed by atoms with van der Waals surface area (Å²) in [5.74, 6) is 1.26. The molecular formula is C13H18ClIN2O. The summed E-state index contributed by atoms with van der Waals surface area (Å²) in [5, 5.41) is 0.564. The zero-order chi connectivity index (χ0) is 13.1. The van der Waals surface area contributed by atoms with E-state index in [-0.39, 0.29) is 6.10 Å². The van der Waals surface area contributed by atoms with Crippen molar-refractivity contribution in [2.75, 3.05) is 6.61 Å². The molecule has 3 nitrogen and oxygen atoms in total. The molecule has 1 fully saturated rings. The van der Waals surface area contributed by atoms with E-state index in [4.69, 9.17) is 21.3 Å². The van der Waals surface area contributed by atoms with E-state index in [0.29, 0.717) is 23.5 Å². The monoisotopic (exact) mass is 380 g/mol. The smallest absolute Gasteiger partial charge is 0.158 e. The van der Waals surface area contributed by atoms with Gasteiger partial charge in [-0.05, 0) is 49.3 Å². The molecule has 0 bridgehead atoms. The van der Waals surface area contributed by atoms with Crippen LogP contribution in [-0.2, 0) is 4.74 Å². The minimum absolute atomic E-state index is 0.0929. The Kier molecular flexibility index (Phi) is 5.21. The summed E-state index contributed by atoms with van der Waals surface area (Å²) in [7, 11) is 0. The van der Waals surface area contributed by atoms with E-state index in [0.717, 1.165) is 9.26 Å². The number of ether oxygens (including phenoxy) is 1. The molecule has 0 saturated heterocycles. The maximum Gasteiger partial charge on any atom is 0.158 e. The number of hydrogen-bond donors (Lipinski definition) is 0. The van der Waals surface area contributed by atoms with Crippen LogP contribution >= 0.6 is 34.2 Å². The van der Waals surface area contributed by atoms with Gasteiger partial charge in [0.05, 0.1) is 9.26 Å². The third kappa shape index (κ3) is 3.14. The summed E-state index contributed by atoms with van der Waals surface area (Å²) < 4.78 is 6.56. The highest BCUT2D eigenvalue weighted by atomic mass is 127. The van der Waals surface area contributed by atoms with Gasteiger partial charge in [0.2, 0.25) is 0 Å². The predicted octanol–water partition coefficient (Wildman–Crippen LogP) is 4.49. The van der Waals surface area contributed by atoms with E-state index in [1.54, 1.807) is 0 Å². The van der Waals surface area contributed by atoms with Crippen molar-refractivity contribution in [2.24, 2.45) is 0 Å². The summed E-state index contributed by atoms with van der Waals surface area (Å²) in [4.78, 5) is 9.05. The predicted molar refractivity (Wildman–Crippen MR) is 81.0 cm³/mol. The van der Waals surface area contributed by atoms with Crippen LogP contribution < -0.4 is 0 Å². The lowest BCUT2D eigenvalue weighted by Crippen LogP contribution is -2.11. The quantitative estimate of drug-likeness (QED) is 0.570. The number of hydrogen-bond acceptors (Lipinski definition) is 3. The molecule has 1 aromatic rings. The number of aromatic nitrogens is 2. The molecule has 5 heteroatoms. The van der Waals surface area contributed by atoms with Gasteiger partial charge in [0.25, 0.3) is 0 Å². The standard InChI is InChI=1S/C13H18ClIN2O/c1-3-18-8(2)13-16-11(9-6-4-5-7-9)10(15)12(14)17-13/h8-9H,3-7H2,1-2H3. The van der Waals surface area contributed by atoms with Crippen molar-refractivity contribution >= 4 is 34.2 Å². The van der Waals surface area contributed by atoms with Gasteiger partial charge < -0.3 is 4.74 Å². The van der Waals surface area contributed by atoms with Crippen molar-refractivity contribution < 1.29 is 4.74 Å². The van der Waals surface area contributed by atoms with Crippen molar-refractivity contribution in [2.45, 2.75) is 51.6 Å². The topological polar surface area (TPSA) is 35.0 Å². The maximum absolute atomic E-state index is 6.23. The van der Waals surface area contributed by atoms with E-state index in [9.17, 15) is 0 Å². The van der Waals surface area contributed by atoms with Gasteiger partial charge in [0, 0.05) is 12.5 Å². The van der Waals surface area contributed by atoms with Crippen LogP contribution in [0.1, 0.15) is 63.1 Å². The lowest BCUT2D eigenvalue weighted by molar-refractivity contribution is 0.0698. The second-order valence-electron chi connectivity index (χ2n) is 4.65. The van der Waals surface area contributed by atoms with Crippen molar-refractivity contribution in [3.05, 3.63) is 20.2 Å². The molecule has 1 atom stereocenters. The molecule has 1 heterocycles. The molecule has 100 valence electrons. The van der Waals surface area contributed by atoms with Gasteiger partial charge >= 0.3 is 0 Å². The number of rotatable bonds is 4. The van der Waals surface area contributed by atoms with Crippen molar-refractivity contribution in [1.82, 2.24) is 9.97 Å². The number of halogens is 2. The Labute approximate surface area is 127 Å². The first-order valence-electron chi connectivity index (χ1n) is 6.48. The molecule has 18 heavy (non-hydrogen) atoms. The zero-order valence-electron chi connectivity index (χ0n) is 10.7. The minimum atomic E-state index is -0.0929. The Bertz CT molecular complexity index is 422. The van der Waals surface area contributed by atoms with Crippen LogP contribution in [0, 0.1) is 3.57 Å². The first kappa shape index (κ1) is 14.5. The summed E-state index contributed by atoms with van der Waals surface area (Å²) in [6.45, 7) is 4.61. The average Bonchev–Trinajstić information content (AvgIpc) is 2.86. The van der Waals surface area contributed by atoms with Crippen LogP contribution in [0.15, 0.2) is 0 Å². The summed E-state index contributed by atoms with van der Waals surface area (Å²) >= 11 is 8.49. The Morgan fingerprint density at radius 2 is 2.06 bits per heavy atom. The largest absolute Gasteiger partial charge is 0.371 e. The second-order valence-corrected chi connectivity index (χ2v) is 6.09. The van der Waals surface area contributed by atoms with Gasteiger partial charge in [0.15, 0.2) is 5.82 Å². The fourth-order valence-electron chi connectivity index (χ4n) is 2.43. The maximum atomic E-state index is 6.23. The normalized spacial score (nSPS) is 18.2. The van der Waals surface area contributed by atoms with Gasteiger partial charge in [-0.25, -0.2) is 9.97 Å². The molecule has 0 amide bonds. The lowest BCUT2D eigenvalue weighted by Gasteiger charge is -2.16. The molecule has 1 aliphatic rings.